The van der Waals surface area contributed by atoms with Crippen molar-refractivity contribution >= 4 is 5.91 Å². The van der Waals surface area contributed by atoms with E-state index in [1.807, 2.05) is 0 Å². The number of piperidine rings is 2. The number of hydrogen-bond donors (Lipinski definition) is 1. The molecule has 2 atom stereocenters. The number of nitrogens with one attached hydrogen (secondary N) is 1. The number of rotatable bonds is 2. The molecule has 3 nitrogen and oxygen atoms in total. The van der Waals surface area contributed by atoms with Gasteiger partial charge in [-0.05, 0) is 51.0 Å². The van der Waals surface area contributed by atoms with E-state index in [0.717, 1.165) is 39.0 Å². The fourth-order valence-corrected chi connectivity index (χ4v) is 4.02. The number of carbonyl (C=O) groups excluding carboxylic acids is 1. The molecule has 3 heteroatoms. The molecule has 0 aromatic carbocycles. The summed E-state index contributed by atoms with van der Waals surface area (Å²) in [4.78, 5) is 14.6. The number of allylic oxidation sites excluding steroid dienone is 2. The van der Waals surface area contributed by atoms with Crippen molar-refractivity contribution in [2.75, 3.05) is 26.2 Å². The second kappa shape index (κ2) is 5.66. The highest BCUT2D eigenvalue weighted by Gasteiger charge is 2.38. The van der Waals surface area contributed by atoms with Crippen LogP contribution in [0.15, 0.2) is 12.2 Å². The molecule has 106 valence electrons. The summed E-state index contributed by atoms with van der Waals surface area (Å²) >= 11 is 0. The molecule has 1 aliphatic carbocycles. The maximum Gasteiger partial charge on any atom is 0.223 e. The molecule has 0 bridgehead atoms. The first-order valence-corrected chi connectivity index (χ1v) is 7.93. The Kier molecular flexibility index (Phi) is 3.92. The molecule has 0 aromatic rings. The SMILES string of the molecule is O=C(CC1C=CCC1)N1CCCC2(CCCNC2)C1. The minimum absolute atomic E-state index is 0.387. The molecule has 0 aromatic heterocycles. The Morgan fingerprint density at radius 3 is 3.00 bits per heavy atom. The van der Waals surface area contributed by atoms with Crippen LogP contribution in [0.2, 0.25) is 0 Å². The number of carbonyl (C=O) groups is 1. The fraction of sp³-hybridized carbons (Fsp3) is 0.812. The van der Waals surface area contributed by atoms with E-state index in [1.54, 1.807) is 0 Å². The maximum absolute atomic E-state index is 12.5. The van der Waals surface area contributed by atoms with Gasteiger partial charge in [0.05, 0.1) is 0 Å². The molecule has 1 N–H and O–H groups in total. The minimum atomic E-state index is 0.387. The third-order valence-electron chi connectivity index (χ3n) is 5.12. The molecule has 2 aliphatic heterocycles. The van der Waals surface area contributed by atoms with Gasteiger partial charge in [0.1, 0.15) is 0 Å². The highest BCUT2D eigenvalue weighted by molar-refractivity contribution is 5.77. The summed E-state index contributed by atoms with van der Waals surface area (Å²) in [6.07, 6.45) is 12.6. The number of amides is 1. The lowest BCUT2D eigenvalue weighted by molar-refractivity contribution is -0.135. The van der Waals surface area contributed by atoms with E-state index in [0.29, 0.717) is 17.2 Å². The predicted molar refractivity (Wildman–Crippen MR) is 76.8 cm³/mol. The predicted octanol–water partition coefficient (Wildman–Crippen LogP) is 2.33. The van der Waals surface area contributed by atoms with Crippen molar-refractivity contribution in [3.63, 3.8) is 0 Å². The summed E-state index contributed by atoms with van der Waals surface area (Å²) in [6, 6.07) is 0. The van der Waals surface area contributed by atoms with E-state index in [-0.39, 0.29) is 0 Å². The van der Waals surface area contributed by atoms with Gasteiger partial charge in [0.25, 0.3) is 0 Å². The molecule has 2 saturated heterocycles. The van der Waals surface area contributed by atoms with Crippen LogP contribution in [0.4, 0.5) is 0 Å². The monoisotopic (exact) mass is 262 g/mol. The first-order valence-electron chi connectivity index (χ1n) is 7.93. The van der Waals surface area contributed by atoms with Crippen molar-refractivity contribution in [3.05, 3.63) is 12.2 Å². The summed E-state index contributed by atoms with van der Waals surface area (Å²) in [5.41, 5.74) is 0.387. The van der Waals surface area contributed by atoms with E-state index < -0.39 is 0 Å². The van der Waals surface area contributed by atoms with Gasteiger partial charge in [-0.15, -0.1) is 0 Å². The van der Waals surface area contributed by atoms with Crippen LogP contribution in [0.5, 0.6) is 0 Å². The van der Waals surface area contributed by atoms with Gasteiger partial charge in [0.15, 0.2) is 0 Å². The van der Waals surface area contributed by atoms with Gasteiger partial charge in [-0.3, -0.25) is 4.79 Å². The molecule has 0 saturated carbocycles. The Balaban J connectivity index is 1.57. The van der Waals surface area contributed by atoms with Gasteiger partial charge in [0, 0.05) is 31.5 Å². The number of nitrogens with zero attached hydrogens (tertiary/aromatic N) is 1. The lowest BCUT2D eigenvalue weighted by Gasteiger charge is -2.45. The highest BCUT2D eigenvalue weighted by Crippen LogP contribution is 2.36. The van der Waals surface area contributed by atoms with E-state index >= 15 is 0 Å². The lowest BCUT2D eigenvalue weighted by Crippen LogP contribution is -2.52. The molecular formula is C16H26N2O. The van der Waals surface area contributed by atoms with Crippen LogP contribution in [-0.4, -0.2) is 37.0 Å². The van der Waals surface area contributed by atoms with Crippen molar-refractivity contribution in [2.45, 2.75) is 44.9 Å². The summed E-state index contributed by atoms with van der Waals surface area (Å²) in [5, 5.41) is 3.53. The van der Waals surface area contributed by atoms with Crippen LogP contribution in [0.3, 0.4) is 0 Å². The molecule has 3 rings (SSSR count). The minimum Gasteiger partial charge on any atom is -0.342 e. The van der Waals surface area contributed by atoms with Crippen LogP contribution in [0.25, 0.3) is 0 Å². The third kappa shape index (κ3) is 3.02. The topological polar surface area (TPSA) is 32.3 Å². The second-order valence-corrected chi connectivity index (χ2v) is 6.67. The number of hydrogen-bond acceptors (Lipinski definition) is 2. The Bertz CT molecular complexity index is 352. The van der Waals surface area contributed by atoms with Crippen molar-refractivity contribution in [1.82, 2.24) is 10.2 Å². The maximum atomic E-state index is 12.5. The molecule has 2 fully saturated rings. The molecule has 0 radical (unpaired) electrons. The molecule has 2 heterocycles. The van der Waals surface area contributed by atoms with Gasteiger partial charge in [0.2, 0.25) is 5.91 Å². The zero-order valence-electron chi connectivity index (χ0n) is 11.9. The smallest absolute Gasteiger partial charge is 0.223 e. The van der Waals surface area contributed by atoms with E-state index in [2.05, 4.69) is 22.4 Å². The standard InChI is InChI=1S/C16H26N2O/c19-15(11-14-5-1-2-6-14)18-10-4-8-16(13-18)7-3-9-17-12-16/h1,5,14,17H,2-4,6-13H2. The summed E-state index contributed by atoms with van der Waals surface area (Å²) in [6.45, 7) is 4.25. The zero-order valence-corrected chi connectivity index (χ0v) is 11.9. The number of likely N-dealkylation sites (tertiary alicyclic amines) is 1. The van der Waals surface area contributed by atoms with Crippen molar-refractivity contribution in [2.24, 2.45) is 11.3 Å². The summed E-state index contributed by atoms with van der Waals surface area (Å²) in [7, 11) is 0. The Hall–Kier alpha value is -0.830. The lowest BCUT2D eigenvalue weighted by atomic mass is 9.74. The van der Waals surface area contributed by atoms with E-state index in [1.165, 1.54) is 32.1 Å². The Morgan fingerprint density at radius 1 is 1.37 bits per heavy atom. The quantitative estimate of drug-likeness (QED) is 0.775. The summed E-state index contributed by atoms with van der Waals surface area (Å²) in [5.74, 6) is 0.899. The van der Waals surface area contributed by atoms with E-state index in [9.17, 15) is 4.79 Å². The van der Waals surface area contributed by atoms with Crippen molar-refractivity contribution in [3.8, 4) is 0 Å². The molecule has 1 spiro atoms. The molecule has 19 heavy (non-hydrogen) atoms. The van der Waals surface area contributed by atoms with Gasteiger partial charge >= 0.3 is 0 Å². The molecule has 2 unspecified atom stereocenters. The van der Waals surface area contributed by atoms with Crippen LogP contribution in [0.1, 0.15) is 44.9 Å². The molecule has 3 aliphatic rings. The Labute approximate surface area is 116 Å². The first-order chi connectivity index (χ1) is 9.27. The third-order valence-corrected chi connectivity index (χ3v) is 5.12. The van der Waals surface area contributed by atoms with Crippen LogP contribution in [0, 0.1) is 11.3 Å². The Morgan fingerprint density at radius 2 is 2.26 bits per heavy atom. The largest absolute Gasteiger partial charge is 0.342 e. The average Bonchev–Trinajstić information content (AvgIpc) is 2.92. The van der Waals surface area contributed by atoms with Gasteiger partial charge < -0.3 is 10.2 Å². The van der Waals surface area contributed by atoms with E-state index in [4.69, 9.17) is 0 Å². The molecular weight excluding hydrogens is 236 g/mol. The second-order valence-electron chi connectivity index (χ2n) is 6.67. The van der Waals surface area contributed by atoms with Crippen LogP contribution >= 0.6 is 0 Å². The van der Waals surface area contributed by atoms with Crippen molar-refractivity contribution in [1.29, 1.82) is 0 Å². The zero-order chi connectivity index (χ0) is 13.1. The van der Waals surface area contributed by atoms with Gasteiger partial charge in [-0.25, -0.2) is 0 Å². The van der Waals surface area contributed by atoms with Gasteiger partial charge in [-0.1, -0.05) is 12.2 Å². The fourth-order valence-electron chi connectivity index (χ4n) is 4.02. The average molecular weight is 262 g/mol. The normalized spacial score (nSPS) is 34.9. The first kappa shape index (κ1) is 13.2. The van der Waals surface area contributed by atoms with Crippen molar-refractivity contribution < 1.29 is 4.79 Å². The molecule has 1 amide bonds. The van der Waals surface area contributed by atoms with Crippen LogP contribution < -0.4 is 5.32 Å². The summed E-state index contributed by atoms with van der Waals surface area (Å²) < 4.78 is 0. The highest BCUT2D eigenvalue weighted by atomic mass is 16.2. The van der Waals surface area contributed by atoms with Gasteiger partial charge in [-0.2, -0.15) is 0 Å². The van der Waals surface area contributed by atoms with Crippen LogP contribution in [-0.2, 0) is 4.79 Å².